The van der Waals surface area contributed by atoms with E-state index in [1.807, 2.05) is 31.3 Å². The van der Waals surface area contributed by atoms with Crippen molar-refractivity contribution in [1.82, 2.24) is 9.47 Å². The van der Waals surface area contributed by atoms with Crippen molar-refractivity contribution in [3.63, 3.8) is 0 Å². The number of carbonyl (C=O) groups excluding carboxylic acids is 1. The number of rotatable bonds is 1. The first-order chi connectivity index (χ1) is 12.0. The van der Waals surface area contributed by atoms with Gasteiger partial charge in [-0.2, -0.15) is 0 Å². The van der Waals surface area contributed by atoms with E-state index in [-0.39, 0.29) is 11.8 Å². The van der Waals surface area contributed by atoms with Crippen LogP contribution >= 0.6 is 15.9 Å². The Morgan fingerprint density at radius 1 is 1.24 bits per heavy atom. The van der Waals surface area contributed by atoms with Crippen LogP contribution in [0.15, 0.2) is 46.9 Å². The Hall–Kier alpha value is -2.34. The lowest BCUT2D eigenvalue weighted by Gasteiger charge is -2.28. The van der Waals surface area contributed by atoms with Crippen LogP contribution in [0.2, 0.25) is 0 Å². The molecule has 0 saturated carbocycles. The van der Waals surface area contributed by atoms with Gasteiger partial charge in [0.05, 0.1) is 5.69 Å². The Kier molecular flexibility index (Phi) is 4.00. The van der Waals surface area contributed by atoms with E-state index in [1.165, 1.54) is 11.8 Å². The number of nitrogens with one attached hydrogen (secondary N) is 1. The Morgan fingerprint density at radius 3 is 2.84 bits per heavy atom. The molecule has 25 heavy (non-hydrogen) atoms. The average Bonchev–Trinajstić information content (AvgIpc) is 2.88. The summed E-state index contributed by atoms with van der Waals surface area (Å²) in [6.45, 7) is 1.11. The summed E-state index contributed by atoms with van der Waals surface area (Å²) < 4.78 is 16.6. The first-order valence-corrected chi connectivity index (χ1v) is 8.90. The monoisotopic (exact) mass is 401 g/mol. The van der Waals surface area contributed by atoms with E-state index in [2.05, 4.69) is 25.8 Å². The summed E-state index contributed by atoms with van der Waals surface area (Å²) in [5.41, 5.74) is 3.94. The Balaban J connectivity index is 1.63. The minimum atomic E-state index is -0.254. The van der Waals surface area contributed by atoms with Crippen molar-refractivity contribution in [2.45, 2.75) is 13.0 Å². The topological polar surface area (TPSA) is 37.3 Å². The Labute approximate surface area is 153 Å². The molecule has 4 rings (SSSR count). The number of hydrogen-bond donors (Lipinski definition) is 1. The zero-order chi connectivity index (χ0) is 17.6. The summed E-state index contributed by atoms with van der Waals surface area (Å²) in [6.07, 6.45) is 0.755. The molecule has 6 heteroatoms. The molecule has 1 N–H and O–H groups in total. The van der Waals surface area contributed by atoms with E-state index in [0.717, 1.165) is 33.0 Å². The molecule has 0 saturated heterocycles. The number of fused-ring (bicyclic) bond motifs is 3. The number of urea groups is 1. The number of anilines is 1. The van der Waals surface area contributed by atoms with E-state index in [1.54, 1.807) is 17.0 Å². The van der Waals surface area contributed by atoms with Crippen LogP contribution in [-0.2, 0) is 20.0 Å². The highest BCUT2D eigenvalue weighted by atomic mass is 79.9. The summed E-state index contributed by atoms with van der Waals surface area (Å²) in [5.74, 6) is -0.254. The number of amides is 2. The maximum atomic E-state index is 13.7. The molecular weight excluding hydrogens is 385 g/mol. The molecule has 2 aromatic carbocycles. The van der Waals surface area contributed by atoms with Gasteiger partial charge in [0.2, 0.25) is 0 Å². The molecule has 128 valence electrons. The molecule has 1 aromatic heterocycles. The minimum absolute atomic E-state index is 0.147. The maximum Gasteiger partial charge on any atom is 0.322 e. The third kappa shape index (κ3) is 2.80. The molecule has 3 aromatic rings. The average molecular weight is 402 g/mol. The predicted octanol–water partition coefficient (Wildman–Crippen LogP) is 4.67. The summed E-state index contributed by atoms with van der Waals surface area (Å²) in [5, 5.41) is 3.82. The van der Waals surface area contributed by atoms with Crippen LogP contribution in [0.1, 0.15) is 11.3 Å². The third-order valence-corrected chi connectivity index (χ3v) is 5.46. The second kappa shape index (κ2) is 6.19. The highest BCUT2D eigenvalue weighted by molar-refractivity contribution is 9.10. The van der Waals surface area contributed by atoms with Crippen molar-refractivity contribution < 1.29 is 9.18 Å². The number of aromatic nitrogens is 1. The first-order valence-electron chi connectivity index (χ1n) is 8.11. The van der Waals surface area contributed by atoms with Gasteiger partial charge in [-0.3, -0.25) is 0 Å². The molecule has 0 bridgehead atoms. The van der Waals surface area contributed by atoms with Gasteiger partial charge in [0.25, 0.3) is 0 Å². The Morgan fingerprint density at radius 2 is 2.04 bits per heavy atom. The Bertz CT molecular complexity index is 982. The molecule has 2 amide bonds. The van der Waals surface area contributed by atoms with Gasteiger partial charge in [-0.15, -0.1) is 0 Å². The predicted molar refractivity (Wildman–Crippen MR) is 100 cm³/mol. The van der Waals surface area contributed by atoms with Crippen LogP contribution in [0.4, 0.5) is 14.9 Å². The second-order valence-corrected chi connectivity index (χ2v) is 7.08. The molecule has 0 fully saturated rings. The highest BCUT2D eigenvalue weighted by Gasteiger charge is 2.26. The lowest BCUT2D eigenvalue weighted by molar-refractivity contribution is 0.206. The number of benzene rings is 2. The van der Waals surface area contributed by atoms with Gasteiger partial charge in [0.15, 0.2) is 0 Å². The van der Waals surface area contributed by atoms with Gasteiger partial charge in [-0.25, -0.2) is 9.18 Å². The molecule has 0 atom stereocenters. The standard InChI is InChI=1S/C19H17BrFN3O/c1-23-17-7-6-12(21)10-13(17)14-11-24(9-8-18(14)23)19(25)22-16-5-3-2-4-15(16)20/h2-7,10H,8-9,11H2,1H3,(H,22,25). The smallest absolute Gasteiger partial charge is 0.322 e. The molecule has 1 aliphatic rings. The molecule has 0 radical (unpaired) electrons. The zero-order valence-corrected chi connectivity index (χ0v) is 15.3. The summed E-state index contributed by atoms with van der Waals surface area (Å²) in [7, 11) is 2.00. The van der Waals surface area contributed by atoms with Crippen molar-refractivity contribution in [3.05, 3.63) is 64.0 Å². The number of para-hydroxylation sites is 1. The number of hydrogen-bond acceptors (Lipinski definition) is 1. The molecule has 2 heterocycles. The van der Waals surface area contributed by atoms with E-state index in [4.69, 9.17) is 0 Å². The molecule has 1 aliphatic heterocycles. The number of aryl methyl sites for hydroxylation is 1. The largest absolute Gasteiger partial charge is 0.347 e. The fraction of sp³-hybridized carbons (Fsp3) is 0.211. The summed E-state index contributed by atoms with van der Waals surface area (Å²) in [6, 6.07) is 12.2. The van der Waals surface area contributed by atoms with Crippen molar-refractivity contribution in [1.29, 1.82) is 0 Å². The molecule has 0 spiro atoms. The van der Waals surface area contributed by atoms with Gasteiger partial charge in [0, 0.05) is 53.2 Å². The van der Waals surface area contributed by atoms with Gasteiger partial charge in [0.1, 0.15) is 5.82 Å². The molecular formula is C19H17BrFN3O. The van der Waals surface area contributed by atoms with Crippen LogP contribution < -0.4 is 5.32 Å². The van der Waals surface area contributed by atoms with E-state index in [0.29, 0.717) is 13.1 Å². The fourth-order valence-corrected chi connectivity index (χ4v) is 3.87. The van der Waals surface area contributed by atoms with E-state index < -0.39 is 0 Å². The van der Waals surface area contributed by atoms with Crippen LogP contribution in [0.5, 0.6) is 0 Å². The van der Waals surface area contributed by atoms with Crippen molar-refractivity contribution in [2.24, 2.45) is 7.05 Å². The van der Waals surface area contributed by atoms with Crippen molar-refractivity contribution >= 4 is 38.6 Å². The number of nitrogens with zero attached hydrogens (tertiary/aromatic N) is 2. The number of halogens is 2. The van der Waals surface area contributed by atoms with Gasteiger partial charge >= 0.3 is 6.03 Å². The third-order valence-electron chi connectivity index (χ3n) is 4.77. The maximum absolute atomic E-state index is 13.7. The summed E-state index contributed by atoms with van der Waals surface area (Å²) in [4.78, 5) is 14.4. The fourth-order valence-electron chi connectivity index (χ4n) is 3.48. The quantitative estimate of drug-likeness (QED) is 0.631. The molecule has 0 aliphatic carbocycles. The summed E-state index contributed by atoms with van der Waals surface area (Å²) >= 11 is 3.44. The second-order valence-electron chi connectivity index (χ2n) is 6.23. The number of carbonyl (C=O) groups is 1. The van der Waals surface area contributed by atoms with E-state index >= 15 is 0 Å². The van der Waals surface area contributed by atoms with Gasteiger partial charge in [-0.05, 0) is 46.3 Å². The highest BCUT2D eigenvalue weighted by Crippen LogP contribution is 2.31. The van der Waals surface area contributed by atoms with Crippen LogP contribution in [0, 0.1) is 5.82 Å². The van der Waals surface area contributed by atoms with Crippen LogP contribution in [0.3, 0.4) is 0 Å². The van der Waals surface area contributed by atoms with Crippen molar-refractivity contribution in [3.8, 4) is 0 Å². The molecule has 0 unspecified atom stereocenters. The first kappa shape index (κ1) is 16.1. The van der Waals surface area contributed by atoms with E-state index in [9.17, 15) is 9.18 Å². The lowest BCUT2D eigenvalue weighted by atomic mass is 10.0. The van der Waals surface area contributed by atoms with Gasteiger partial charge in [-0.1, -0.05) is 12.1 Å². The van der Waals surface area contributed by atoms with Gasteiger partial charge < -0.3 is 14.8 Å². The normalized spacial score (nSPS) is 13.8. The van der Waals surface area contributed by atoms with Crippen LogP contribution in [0.25, 0.3) is 10.9 Å². The lowest BCUT2D eigenvalue weighted by Crippen LogP contribution is -2.39. The SMILES string of the molecule is Cn1c2c(c3cc(F)ccc31)CN(C(=O)Nc1ccccc1Br)CC2. The van der Waals surface area contributed by atoms with Crippen molar-refractivity contribution in [2.75, 3.05) is 11.9 Å². The minimum Gasteiger partial charge on any atom is -0.347 e. The van der Waals surface area contributed by atoms with Crippen LogP contribution in [-0.4, -0.2) is 22.0 Å². The molecule has 4 nitrogen and oxygen atoms in total. The zero-order valence-electron chi connectivity index (χ0n) is 13.7.